The Morgan fingerprint density at radius 2 is 1.90 bits per heavy atom. The van der Waals surface area contributed by atoms with Crippen LogP contribution in [0.15, 0.2) is 29.2 Å². The molecule has 0 unspecified atom stereocenters. The standard InChI is InChI=1S/C14H17NO4S/c1-5-14(3,4)15-20(17,18)12-9-7-11(8-10-12)13(16)19-6-2/h1,7-10,15H,6H2,2-4H3. The zero-order chi connectivity index (χ0) is 15.4. The minimum absolute atomic E-state index is 0.0360. The van der Waals surface area contributed by atoms with Crippen LogP contribution in [0.2, 0.25) is 0 Å². The van der Waals surface area contributed by atoms with Gasteiger partial charge in [-0.1, -0.05) is 5.92 Å². The number of carbonyl (C=O) groups is 1. The van der Waals surface area contributed by atoms with Crippen LogP contribution >= 0.6 is 0 Å². The monoisotopic (exact) mass is 295 g/mol. The quantitative estimate of drug-likeness (QED) is 0.661. The number of sulfonamides is 1. The van der Waals surface area contributed by atoms with E-state index in [0.717, 1.165) is 0 Å². The normalized spacial score (nSPS) is 11.7. The Bertz CT molecular complexity index is 624. The molecule has 0 aliphatic heterocycles. The van der Waals surface area contributed by atoms with Gasteiger partial charge in [-0.2, -0.15) is 4.72 Å². The summed E-state index contributed by atoms with van der Waals surface area (Å²) >= 11 is 0. The minimum atomic E-state index is -3.73. The molecule has 0 fully saturated rings. The molecule has 5 nitrogen and oxygen atoms in total. The van der Waals surface area contributed by atoms with E-state index in [1.54, 1.807) is 20.8 Å². The van der Waals surface area contributed by atoms with Crippen LogP contribution in [0.3, 0.4) is 0 Å². The highest BCUT2D eigenvalue weighted by atomic mass is 32.2. The summed E-state index contributed by atoms with van der Waals surface area (Å²) in [5.74, 6) is 1.86. The van der Waals surface area contributed by atoms with Gasteiger partial charge in [0.25, 0.3) is 0 Å². The maximum absolute atomic E-state index is 12.1. The Hall–Kier alpha value is -1.84. The Balaban J connectivity index is 2.99. The predicted octanol–water partition coefficient (Wildman–Crippen LogP) is 1.55. The zero-order valence-electron chi connectivity index (χ0n) is 11.6. The summed E-state index contributed by atoms with van der Waals surface area (Å²) in [6.45, 7) is 5.12. The molecule has 1 N–H and O–H groups in total. The van der Waals surface area contributed by atoms with Gasteiger partial charge in [-0.3, -0.25) is 0 Å². The number of ether oxygens (including phenoxy) is 1. The van der Waals surface area contributed by atoms with E-state index in [4.69, 9.17) is 11.2 Å². The fourth-order valence-electron chi connectivity index (χ4n) is 1.41. The summed E-state index contributed by atoms with van der Waals surface area (Å²) in [7, 11) is -3.73. The Morgan fingerprint density at radius 1 is 1.35 bits per heavy atom. The van der Waals surface area contributed by atoms with Gasteiger partial charge in [-0.15, -0.1) is 6.42 Å². The van der Waals surface area contributed by atoms with Crippen molar-refractivity contribution >= 4 is 16.0 Å². The minimum Gasteiger partial charge on any atom is -0.462 e. The third-order valence-corrected chi connectivity index (χ3v) is 4.10. The molecule has 108 valence electrons. The summed E-state index contributed by atoms with van der Waals surface area (Å²) in [5, 5.41) is 0. The zero-order valence-corrected chi connectivity index (χ0v) is 12.5. The van der Waals surface area contributed by atoms with Gasteiger partial charge in [0.1, 0.15) is 0 Å². The number of nitrogens with one attached hydrogen (secondary N) is 1. The molecule has 0 spiro atoms. The lowest BCUT2D eigenvalue weighted by molar-refractivity contribution is 0.0526. The average molecular weight is 295 g/mol. The second-order valence-electron chi connectivity index (χ2n) is 4.62. The molecule has 1 aromatic rings. The lowest BCUT2D eigenvalue weighted by atomic mass is 10.1. The van der Waals surface area contributed by atoms with Crippen molar-refractivity contribution in [3.8, 4) is 12.3 Å². The largest absolute Gasteiger partial charge is 0.462 e. The van der Waals surface area contributed by atoms with E-state index >= 15 is 0 Å². The molecule has 0 aliphatic rings. The summed E-state index contributed by atoms with van der Waals surface area (Å²) in [5.41, 5.74) is -0.694. The highest BCUT2D eigenvalue weighted by Crippen LogP contribution is 2.14. The molecule has 0 saturated carbocycles. The maximum atomic E-state index is 12.1. The van der Waals surface area contributed by atoms with Gasteiger partial charge in [0.15, 0.2) is 0 Å². The smallest absolute Gasteiger partial charge is 0.338 e. The molecule has 20 heavy (non-hydrogen) atoms. The molecular formula is C14H17NO4S. The van der Waals surface area contributed by atoms with Crippen LogP contribution in [0.5, 0.6) is 0 Å². The summed E-state index contributed by atoms with van der Waals surface area (Å²) < 4.78 is 31.4. The molecule has 0 bridgehead atoms. The number of terminal acetylenes is 1. The first-order valence-corrected chi connectivity index (χ1v) is 7.49. The highest BCUT2D eigenvalue weighted by Gasteiger charge is 2.24. The van der Waals surface area contributed by atoms with Crippen molar-refractivity contribution in [2.24, 2.45) is 0 Å². The van der Waals surface area contributed by atoms with Gasteiger partial charge in [0.2, 0.25) is 10.0 Å². The summed E-state index contributed by atoms with van der Waals surface area (Å²) in [4.78, 5) is 11.5. The number of rotatable bonds is 5. The van der Waals surface area contributed by atoms with E-state index < -0.39 is 21.5 Å². The van der Waals surface area contributed by atoms with E-state index in [2.05, 4.69) is 10.6 Å². The van der Waals surface area contributed by atoms with Crippen LogP contribution in [0.4, 0.5) is 0 Å². The molecule has 0 saturated heterocycles. The van der Waals surface area contributed by atoms with Crippen molar-refractivity contribution in [3.05, 3.63) is 29.8 Å². The molecule has 0 radical (unpaired) electrons. The van der Waals surface area contributed by atoms with Crippen molar-refractivity contribution in [2.45, 2.75) is 31.2 Å². The molecule has 0 heterocycles. The molecule has 1 aromatic carbocycles. The third-order valence-electron chi connectivity index (χ3n) is 2.43. The summed E-state index contributed by atoms with van der Waals surface area (Å²) in [6.07, 6.45) is 5.25. The number of hydrogen-bond acceptors (Lipinski definition) is 4. The van der Waals surface area contributed by atoms with Gasteiger partial charge in [0.05, 0.1) is 22.6 Å². The average Bonchev–Trinajstić information content (AvgIpc) is 2.38. The van der Waals surface area contributed by atoms with E-state index in [9.17, 15) is 13.2 Å². The van der Waals surface area contributed by atoms with Crippen molar-refractivity contribution in [1.82, 2.24) is 4.72 Å². The van der Waals surface area contributed by atoms with Crippen LogP contribution in [0.25, 0.3) is 0 Å². The van der Waals surface area contributed by atoms with Gasteiger partial charge < -0.3 is 4.74 Å². The SMILES string of the molecule is C#CC(C)(C)NS(=O)(=O)c1ccc(C(=O)OCC)cc1. The Kier molecular flexibility index (Phi) is 4.93. The first-order valence-electron chi connectivity index (χ1n) is 6.01. The second-order valence-corrected chi connectivity index (χ2v) is 6.30. The molecule has 0 aliphatic carbocycles. The number of benzene rings is 1. The van der Waals surface area contributed by atoms with Crippen LogP contribution < -0.4 is 4.72 Å². The van der Waals surface area contributed by atoms with Gasteiger partial charge in [0, 0.05) is 0 Å². The maximum Gasteiger partial charge on any atom is 0.338 e. The first kappa shape index (κ1) is 16.2. The van der Waals surface area contributed by atoms with Crippen LogP contribution in [-0.2, 0) is 14.8 Å². The van der Waals surface area contributed by atoms with E-state index in [1.807, 2.05) is 0 Å². The molecule has 6 heteroatoms. The molecular weight excluding hydrogens is 278 g/mol. The van der Waals surface area contributed by atoms with Crippen molar-refractivity contribution in [3.63, 3.8) is 0 Å². The van der Waals surface area contributed by atoms with Gasteiger partial charge >= 0.3 is 5.97 Å². The number of hydrogen-bond donors (Lipinski definition) is 1. The van der Waals surface area contributed by atoms with Crippen molar-refractivity contribution in [2.75, 3.05) is 6.61 Å². The molecule has 0 atom stereocenters. The van der Waals surface area contributed by atoms with Crippen molar-refractivity contribution in [1.29, 1.82) is 0 Å². The van der Waals surface area contributed by atoms with E-state index in [-0.39, 0.29) is 11.5 Å². The predicted molar refractivity (Wildman–Crippen MR) is 75.6 cm³/mol. The third kappa shape index (κ3) is 4.08. The fourth-order valence-corrected chi connectivity index (χ4v) is 2.75. The van der Waals surface area contributed by atoms with E-state index in [1.165, 1.54) is 24.3 Å². The second kappa shape index (κ2) is 6.07. The summed E-state index contributed by atoms with van der Waals surface area (Å²) in [6, 6.07) is 5.47. The van der Waals surface area contributed by atoms with Crippen molar-refractivity contribution < 1.29 is 17.9 Å². The topological polar surface area (TPSA) is 72.5 Å². The Labute approximate surface area is 119 Å². The molecule has 0 aromatic heterocycles. The van der Waals surface area contributed by atoms with Crippen LogP contribution in [0, 0.1) is 12.3 Å². The fraction of sp³-hybridized carbons (Fsp3) is 0.357. The highest BCUT2D eigenvalue weighted by molar-refractivity contribution is 7.89. The van der Waals surface area contributed by atoms with Crippen LogP contribution in [-0.4, -0.2) is 26.5 Å². The lowest BCUT2D eigenvalue weighted by Gasteiger charge is -2.19. The Morgan fingerprint density at radius 3 is 2.35 bits per heavy atom. The van der Waals surface area contributed by atoms with Gasteiger partial charge in [-0.25, -0.2) is 13.2 Å². The number of esters is 1. The first-order chi connectivity index (χ1) is 9.22. The van der Waals surface area contributed by atoms with Crippen LogP contribution in [0.1, 0.15) is 31.1 Å². The van der Waals surface area contributed by atoms with E-state index in [0.29, 0.717) is 5.56 Å². The van der Waals surface area contributed by atoms with Gasteiger partial charge in [-0.05, 0) is 45.0 Å². The number of carbonyl (C=O) groups excluding carboxylic acids is 1. The lowest BCUT2D eigenvalue weighted by Crippen LogP contribution is -2.41. The molecule has 0 amide bonds. The molecule has 1 rings (SSSR count).